The number of nitrogens with one attached hydrogen (secondary N) is 1. The molecule has 0 aliphatic heterocycles. The standard InChI is InChI=1S/C10H21N3O2/c1-5-13(10(15)8(4)11)6-9(14)12-7(2)3/h7-8H,5-6,11H2,1-4H3,(H,12,14). The van der Waals surface area contributed by atoms with Crippen LogP contribution in [0.5, 0.6) is 0 Å². The zero-order valence-electron chi connectivity index (χ0n) is 9.91. The number of carbonyl (C=O) groups excluding carboxylic acids is 2. The van der Waals surface area contributed by atoms with Crippen LogP contribution in [0.2, 0.25) is 0 Å². The molecule has 2 amide bonds. The molecule has 0 aromatic carbocycles. The summed E-state index contributed by atoms with van der Waals surface area (Å²) in [5, 5.41) is 2.73. The maximum absolute atomic E-state index is 11.5. The van der Waals surface area contributed by atoms with E-state index in [9.17, 15) is 9.59 Å². The number of rotatable bonds is 5. The van der Waals surface area contributed by atoms with E-state index in [1.54, 1.807) is 6.92 Å². The monoisotopic (exact) mass is 215 g/mol. The minimum Gasteiger partial charge on any atom is -0.352 e. The first kappa shape index (κ1) is 13.9. The third-order valence-corrected chi connectivity index (χ3v) is 1.87. The fraction of sp³-hybridized carbons (Fsp3) is 0.800. The molecule has 5 nitrogen and oxygen atoms in total. The van der Waals surface area contributed by atoms with E-state index in [4.69, 9.17) is 5.73 Å². The van der Waals surface area contributed by atoms with Crippen LogP contribution in [0.1, 0.15) is 27.7 Å². The summed E-state index contributed by atoms with van der Waals surface area (Å²) in [7, 11) is 0. The second kappa shape index (κ2) is 6.40. The summed E-state index contributed by atoms with van der Waals surface area (Å²) in [6, 6.07) is -0.474. The summed E-state index contributed by atoms with van der Waals surface area (Å²) in [5.74, 6) is -0.350. The van der Waals surface area contributed by atoms with E-state index in [2.05, 4.69) is 5.32 Å². The van der Waals surface area contributed by atoms with Gasteiger partial charge in [-0.3, -0.25) is 9.59 Å². The predicted octanol–water partition coefficient (Wildman–Crippen LogP) is -0.293. The lowest BCUT2D eigenvalue weighted by atomic mass is 10.3. The molecule has 0 aromatic heterocycles. The van der Waals surface area contributed by atoms with Crippen LogP contribution >= 0.6 is 0 Å². The maximum Gasteiger partial charge on any atom is 0.239 e. The van der Waals surface area contributed by atoms with Crippen LogP contribution in [-0.4, -0.2) is 41.9 Å². The van der Waals surface area contributed by atoms with Gasteiger partial charge >= 0.3 is 0 Å². The van der Waals surface area contributed by atoms with Gasteiger partial charge in [-0.05, 0) is 27.7 Å². The summed E-state index contributed by atoms with van der Waals surface area (Å²) in [5.41, 5.74) is 5.47. The average molecular weight is 215 g/mol. The molecule has 0 rings (SSSR count). The van der Waals surface area contributed by atoms with Crippen molar-refractivity contribution in [1.82, 2.24) is 10.2 Å². The summed E-state index contributed by atoms with van der Waals surface area (Å²) >= 11 is 0. The Bertz CT molecular complexity index is 227. The number of amides is 2. The highest BCUT2D eigenvalue weighted by molar-refractivity contribution is 5.87. The first-order valence-electron chi connectivity index (χ1n) is 5.22. The van der Waals surface area contributed by atoms with Gasteiger partial charge in [-0.1, -0.05) is 0 Å². The molecule has 0 saturated heterocycles. The number of nitrogens with two attached hydrogens (primary N) is 1. The lowest BCUT2D eigenvalue weighted by molar-refractivity contribution is -0.136. The van der Waals surface area contributed by atoms with Crippen molar-refractivity contribution < 1.29 is 9.59 Å². The van der Waals surface area contributed by atoms with E-state index >= 15 is 0 Å². The van der Waals surface area contributed by atoms with Gasteiger partial charge in [0.1, 0.15) is 0 Å². The van der Waals surface area contributed by atoms with Crippen LogP contribution in [-0.2, 0) is 9.59 Å². The van der Waals surface area contributed by atoms with Crippen molar-refractivity contribution in [2.75, 3.05) is 13.1 Å². The molecule has 0 bridgehead atoms. The largest absolute Gasteiger partial charge is 0.352 e. The Kier molecular flexibility index (Phi) is 5.93. The van der Waals surface area contributed by atoms with E-state index in [0.29, 0.717) is 6.54 Å². The fourth-order valence-corrected chi connectivity index (χ4v) is 1.17. The van der Waals surface area contributed by atoms with Crippen LogP contribution < -0.4 is 11.1 Å². The molecular weight excluding hydrogens is 194 g/mol. The van der Waals surface area contributed by atoms with Crippen molar-refractivity contribution in [1.29, 1.82) is 0 Å². The molecule has 0 fully saturated rings. The van der Waals surface area contributed by atoms with E-state index in [1.807, 2.05) is 20.8 Å². The molecule has 0 aliphatic rings. The topological polar surface area (TPSA) is 75.4 Å². The second-order valence-corrected chi connectivity index (χ2v) is 3.86. The van der Waals surface area contributed by atoms with Crippen LogP contribution in [0, 0.1) is 0 Å². The zero-order valence-corrected chi connectivity index (χ0v) is 9.91. The van der Waals surface area contributed by atoms with Crippen LogP contribution in [0.3, 0.4) is 0 Å². The average Bonchev–Trinajstić information content (AvgIpc) is 2.11. The Balaban J connectivity index is 4.21. The predicted molar refractivity (Wildman–Crippen MR) is 59.2 cm³/mol. The zero-order chi connectivity index (χ0) is 12.0. The third kappa shape index (κ3) is 5.37. The molecule has 0 aliphatic carbocycles. The highest BCUT2D eigenvalue weighted by Gasteiger charge is 2.18. The molecule has 0 radical (unpaired) electrons. The van der Waals surface area contributed by atoms with Crippen molar-refractivity contribution in [2.24, 2.45) is 5.73 Å². The van der Waals surface area contributed by atoms with E-state index in [1.165, 1.54) is 4.90 Å². The molecule has 5 heteroatoms. The Hall–Kier alpha value is -1.10. The normalized spacial score (nSPS) is 12.4. The van der Waals surface area contributed by atoms with E-state index in [0.717, 1.165) is 0 Å². The smallest absolute Gasteiger partial charge is 0.239 e. The maximum atomic E-state index is 11.5. The van der Waals surface area contributed by atoms with Crippen LogP contribution in [0.25, 0.3) is 0 Å². The van der Waals surface area contributed by atoms with Crippen molar-refractivity contribution >= 4 is 11.8 Å². The number of nitrogens with zero attached hydrogens (tertiary/aromatic N) is 1. The highest BCUT2D eigenvalue weighted by atomic mass is 16.2. The second-order valence-electron chi connectivity index (χ2n) is 3.86. The molecule has 1 unspecified atom stereocenters. The molecule has 0 spiro atoms. The Morgan fingerprint density at radius 3 is 2.20 bits per heavy atom. The molecular formula is C10H21N3O2. The first-order valence-corrected chi connectivity index (χ1v) is 5.22. The quantitative estimate of drug-likeness (QED) is 0.661. The number of hydrogen-bond acceptors (Lipinski definition) is 3. The molecule has 0 saturated carbocycles. The van der Waals surface area contributed by atoms with Crippen molar-refractivity contribution in [3.05, 3.63) is 0 Å². The molecule has 0 aromatic rings. The number of hydrogen-bond donors (Lipinski definition) is 2. The highest BCUT2D eigenvalue weighted by Crippen LogP contribution is 1.93. The van der Waals surface area contributed by atoms with Gasteiger partial charge in [0.25, 0.3) is 0 Å². The Morgan fingerprint density at radius 2 is 1.87 bits per heavy atom. The van der Waals surface area contributed by atoms with Gasteiger partial charge in [-0.15, -0.1) is 0 Å². The lowest BCUT2D eigenvalue weighted by Gasteiger charge is -2.22. The SMILES string of the molecule is CCN(CC(=O)NC(C)C)C(=O)C(C)N. The van der Waals surface area contributed by atoms with Gasteiger partial charge in [0.05, 0.1) is 12.6 Å². The lowest BCUT2D eigenvalue weighted by Crippen LogP contribution is -2.47. The number of likely N-dealkylation sites (N-methyl/N-ethyl adjacent to an activating group) is 1. The van der Waals surface area contributed by atoms with Gasteiger partial charge < -0.3 is 16.0 Å². The Labute approximate surface area is 91.0 Å². The Morgan fingerprint density at radius 1 is 1.33 bits per heavy atom. The molecule has 15 heavy (non-hydrogen) atoms. The van der Waals surface area contributed by atoms with Crippen LogP contribution in [0.4, 0.5) is 0 Å². The van der Waals surface area contributed by atoms with Gasteiger partial charge in [0, 0.05) is 12.6 Å². The molecule has 3 N–H and O–H groups in total. The van der Waals surface area contributed by atoms with Gasteiger partial charge in [-0.25, -0.2) is 0 Å². The number of carbonyl (C=O) groups is 2. The fourth-order valence-electron chi connectivity index (χ4n) is 1.17. The van der Waals surface area contributed by atoms with Crippen molar-refractivity contribution in [3.8, 4) is 0 Å². The molecule has 1 atom stereocenters. The van der Waals surface area contributed by atoms with Crippen LogP contribution in [0.15, 0.2) is 0 Å². The van der Waals surface area contributed by atoms with Gasteiger partial charge in [0.15, 0.2) is 0 Å². The third-order valence-electron chi connectivity index (χ3n) is 1.87. The van der Waals surface area contributed by atoms with Gasteiger partial charge in [0.2, 0.25) is 11.8 Å². The van der Waals surface area contributed by atoms with E-state index in [-0.39, 0.29) is 24.4 Å². The summed E-state index contributed by atoms with van der Waals surface area (Å²) in [6.45, 7) is 7.76. The van der Waals surface area contributed by atoms with Gasteiger partial charge in [-0.2, -0.15) is 0 Å². The van der Waals surface area contributed by atoms with E-state index < -0.39 is 6.04 Å². The molecule has 0 heterocycles. The summed E-state index contributed by atoms with van der Waals surface area (Å²) in [6.07, 6.45) is 0. The minimum atomic E-state index is -0.559. The minimum absolute atomic E-state index is 0.0784. The summed E-state index contributed by atoms with van der Waals surface area (Å²) < 4.78 is 0. The summed E-state index contributed by atoms with van der Waals surface area (Å²) in [4.78, 5) is 24.4. The van der Waals surface area contributed by atoms with Crippen molar-refractivity contribution in [2.45, 2.75) is 39.8 Å². The van der Waals surface area contributed by atoms with Crippen molar-refractivity contribution in [3.63, 3.8) is 0 Å². The molecule has 88 valence electrons. The first-order chi connectivity index (χ1) is 6.88.